The number of esters is 1. The first-order chi connectivity index (χ1) is 7.31. The summed E-state index contributed by atoms with van der Waals surface area (Å²) in [5, 5.41) is 0. The summed E-state index contributed by atoms with van der Waals surface area (Å²) in [5.74, 6) is -1.16. The number of halogens is 4. The van der Waals surface area contributed by atoms with E-state index in [0.717, 1.165) is 13.2 Å². The van der Waals surface area contributed by atoms with Crippen LogP contribution in [0.15, 0.2) is 18.2 Å². The molecule has 0 N–H and O–H groups in total. The van der Waals surface area contributed by atoms with Crippen molar-refractivity contribution in [3.63, 3.8) is 0 Å². The molecule has 88 valence electrons. The maximum Gasteiger partial charge on any atom is 0.573 e. The van der Waals surface area contributed by atoms with Crippen molar-refractivity contribution in [2.24, 2.45) is 0 Å². The molecule has 0 saturated carbocycles. The third-order valence-electron chi connectivity index (χ3n) is 1.53. The van der Waals surface area contributed by atoms with Gasteiger partial charge in [0.25, 0.3) is 0 Å². The highest BCUT2D eigenvalue weighted by molar-refractivity contribution is 14.1. The minimum Gasteiger partial charge on any atom is -0.465 e. The highest BCUT2D eigenvalue weighted by Crippen LogP contribution is 2.25. The maximum atomic E-state index is 11.9. The summed E-state index contributed by atoms with van der Waals surface area (Å²) in [6.07, 6.45) is -4.78. The smallest absolute Gasteiger partial charge is 0.465 e. The van der Waals surface area contributed by atoms with E-state index in [1.165, 1.54) is 12.1 Å². The second-order valence-electron chi connectivity index (χ2n) is 2.71. The van der Waals surface area contributed by atoms with Crippen molar-refractivity contribution in [3.8, 4) is 5.75 Å². The normalized spacial score (nSPS) is 11.1. The van der Waals surface area contributed by atoms with Crippen LogP contribution in [0.4, 0.5) is 13.2 Å². The van der Waals surface area contributed by atoms with Crippen LogP contribution in [-0.4, -0.2) is 19.4 Å². The molecular formula is C9H6F3IO3. The number of rotatable bonds is 2. The van der Waals surface area contributed by atoms with E-state index in [2.05, 4.69) is 9.47 Å². The molecule has 0 amide bonds. The molecule has 0 bridgehead atoms. The molecule has 0 atom stereocenters. The SMILES string of the molecule is COC(=O)c1cc(I)cc(OC(F)(F)F)c1. The Morgan fingerprint density at radius 3 is 2.44 bits per heavy atom. The maximum absolute atomic E-state index is 11.9. The first-order valence-electron chi connectivity index (χ1n) is 3.96. The molecule has 0 fully saturated rings. The Morgan fingerprint density at radius 1 is 1.31 bits per heavy atom. The average Bonchev–Trinajstić information content (AvgIpc) is 2.12. The van der Waals surface area contributed by atoms with Gasteiger partial charge in [0.1, 0.15) is 5.75 Å². The van der Waals surface area contributed by atoms with Crippen LogP contribution in [0.3, 0.4) is 0 Å². The molecule has 16 heavy (non-hydrogen) atoms. The van der Waals surface area contributed by atoms with Gasteiger partial charge in [-0.25, -0.2) is 4.79 Å². The van der Waals surface area contributed by atoms with Crippen LogP contribution in [0, 0.1) is 3.57 Å². The molecule has 0 aromatic heterocycles. The van der Waals surface area contributed by atoms with Crippen molar-refractivity contribution in [2.75, 3.05) is 7.11 Å². The highest BCUT2D eigenvalue weighted by Gasteiger charge is 2.31. The van der Waals surface area contributed by atoms with Crippen molar-refractivity contribution < 1.29 is 27.4 Å². The van der Waals surface area contributed by atoms with Gasteiger partial charge in [0.15, 0.2) is 0 Å². The molecule has 0 saturated heterocycles. The number of benzene rings is 1. The predicted octanol–water partition coefficient (Wildman–Crippen LogP) is 2.98. The molecule has 1 aromatic rings. The van der Waals surface area contributed by atoms with E-state index in [0.29, 0.717) is 3.57 Å². The Labute approximate surface area is 103 Å². The Bertz CT molecular complexity index is 403. The summed E-state index contributed by atoms with van der Waals surface area (Å²) in [4.78, 5) is 11.1. The number of ether oxygens (including phenoxy) is 2. The molecule has 3 nitrogen and oxygen atoms in total. The van der Waals surface area contributed by atoms with E-state index in [1.807, 2.05) is 0 Å². The van der Waals surface area contributed by atoms with Crippen LogP contribution < -0.4 is 4.74 Å². The monoisotopic (exact) mass is 346 g/mol. The highest BCUT2D eigenvalue weighted by atomic mass is 127. The summed E-state index contributed by atoms with van der Waals surface area (Å²) >= 11 is 1.78. The molecule has 0 aliphatic carbocycles. The van der Waals surface area contributed by atoms with Gasteiger partial charge in [-0.15, -0.1) is 13.2 Å². The lowest BCUT2D eigenvalue weighted by atomic mass is 10.2. The fourth-order valence-corrected chi connectivity index (χ4v) is 1.63. The summed E-state index contributed by atoms with van der Waals surface area (Å²) in [6, 6.07) is 3.54. The minimum absolute atomic E-state index is 0.00801. The van der Waals surface area contributed by atoms with Crippen molar-refractivity contribution >= 4 is 28.6 Å². The standard InChI is InChI=1S/C9H6F3IO3/c1-15-8(14)5-2-6(13)4-7(3-5)16-9(10,11)12/h2-4H,1H3. The van der Waals surface area contributed by atoms with Crippen LogP contribution in [0.1, 0.15) is 10.4 Å². The molecule has 0 spiro atoms. The predicted molar refractivity (Wildman–Crippen MR) is 57.2 cm³/mol. The minimum atomic E-state index is -4.78. The van der Waals surface area contributed by atoms with E-state index in [4.69, 9.17) is 0 Å². The van der Waals surface area contributed by atoms with Crippen molar-refractivity contribution in [3.05, 3.63) is 27.3 Å². The number of carbonyl (C=O) groups excluding carboxylic acids is 1. The van der Waals surface area contributed by atoms with E-state index in [1.54, 1.807) is 22.6 Å². The van der Waals surface area contributed by atoms with Crippen LogP contribution >= 0.6 is 22.6 Å². The Balaban J connectivity index is 3.03. The summed E-state index contributed by atoms with van der Waals surface area (Å²) in [5.41, 5.74) is 0.00801. The summed E-state index contributed by atoms with van der Waals surface area (Å²) in [7, 11) is 1.15. The molecule has 0 unspecified atom stereocenters. The third kappa shape index (κ3) is 3.87. The fourth-order valence-electron chi connectivity index (χ4n) is 0.991. The molecule has 1 rings (SSSR count). The zero-order valence-electron chi connectivity index (χ0n) is 7.97. The lowest BCUT2D eigenvalue weighted by molar-refractivity contribution is -0.274. The Kier molecular flexibility index (Phi) is 4.00. The Hall–Kier alpha value is -0.990. The number of carbonyl (C=O) groups is 1. The van der Waals surface area contributed by atoms with Crippen molar-refractivity contribution in [1.82, 2.24) is 0 Å². The van der Waals surface area contributed by atoms with Crippen LogP contribution in [0.2, 0.25) is 0 Å². The number of alkyl halides is 3. The quantitative estimate of drug-likeness (QED) is 0.610. The second kappa shape index (κ2) is 4.89. The van der Waals surface area contributed by atoms with E-state index < -0.39 is 18.1 Å². The fraction of sp³-hybridized carbons (Fsp3) is 0.222. The Morgan fingerprint density at radius 2 is 1.94 bits per heavy atom. The summed E-state index contributed by atoms with van der Waals surface area (Å²) in [6.45, 7) is 0. The number of hydrogen-bond acceptors (Lipinski definition) is 3. The molecule has 1 aromatic carbocycles. The lowest BCUT2D eigenvalue weighted by Gasteiger charge is -2.10. The van der Waals surface area contributed by atoms with Crippen molar-refractivity contribution in [2.45, 2.75) is 6.36 Å². The van der Waals surface area contributed by atoms with Gasteiger partial charge in [0, 0.05) is 3.57 Å². The lowest BCUT2D eigenvalue weighted by Crippen LogP contribution is -2.17. The van der Waals surface area contributed by atoms with E-state index >= 15 is 0 Å². The second-order valence-corrected chi connectivity index (χ2v) is 3.96. The van der Waals surface area contributed by atoms with Crippen molar-refractivity contribution in [1.29, 1.82) is 0 Å². The molecule has 0 aliphatic rings. The summed E-state index contributed by atoms with van der Waals surface area (Å²) < 4.78 is 44.4. The first-order valence-corrected chi connectivity index (χ1v) is 5.04. The van der Waals surface area contributed by atoms with Gasteiger partial charge in [-0.1, -0.05) is 0 Å². The topological polar surface area (TPSA) is 35.5 Å². The average molecular weight is 346 g/mol. The van der Waals surface area contributed by atoms with Gasteiger partial charge in [0.2, 0.25) is 0 Å². The van der Waals surface area contributed by atoms with Gasteiger partial charge >= 0.3 is 12.3 Å². The zero-order chi connectivity index (χ0) is 12.3. The largest absolute Gasteiger partial charge is 0.573 e. The molecule has 7 heteroatoms. The number of methoxy groups -OCH3 is 1. The van der Waals surface area contributed by atoms with Crippen LogP contribution in [-0.2, 0) is 4.74 Å². The van der Waals surface area contributed by atoms with Crippen LogP contribution in [0.25, 0.3) is 0 Å². The van der Waals surface area contributed by atoms with E-state index in [9.17, 15) is 18.0 Å². The van der Waals surface area contributed by atoms with Gasteiger partial charge in [-0.05, 0) is 40.8 Å². The first kappa shape index (κ1) is 13.1. The molecule has 0 aliphatic heterocycles. The molecule has 0 radical (unpaired) electrons. The van der Waals surface area contributed by atoms with Gasteiger partial charge in [-0.3, -0.25) is 0 Å². The van der Waals surface area contributed by atoms with Gasteiger partial charge in [0.05, 0.1) is 12.7 Å². The third-order valence-corrected chi connectivity index (χ3v) is 2.15. The van der Waals surface area contributed by atoms with Gasteiger partial charge < -0.3 is 9.47 Å². The molecule has 0 heterocycles. The zero-order valence-corrected chi connectivity index (χ0v) is 10.1. The van der Waals surface area contributed by atoms with Crippen LogP contribution in [0.5, 0.6) is 5.75 Å². The number of hydrogen-bond donors (Lipinski definition) is 0. The molecular weight excluding hydrogens is 340 g/mol. The van der Waals surface area contributed by atoms with E-state index in [-0.39, 0.29) is 5.56 Å². The van der Waals surface area contributed by atoms with Gasteiger partial charge in [-0.2, -0.15) is 0 Å².